The molecule has 0 unspecified atom stereocenters. The van der Waals surface area contributed by atoms with Crippen molar-refractivity contribution in [3.05, 3.63) is 58.4 Å². The van der Waals surface area contributed by atoms with E-state index in [1.54, 1.807) is 12.1 Å². The quantitative estimate of drug-likeness (QED) is 0.688. The number of aryl methyl sites for hydroxylation is 1. The summed E-state index contributed by atoms with van der Waals surface area (Å²) in [6.45, 7) is 10.7. The van der Waals surface area contributed by atoms with E-state index in [1.165, 1.54) is 16.8 Å². The van der Waals surface area contributed by atoms with Crippen LogP contribution in [0.1, 0.15) is 62.3 Å². The molecule has 0 aromatic heterocycles. The van der Waals surface area contributed by atoms with Gasteiger partial charge in [0.15, 0.2) is 0 Å². The number of ether oxygens (including phenoxy) is 1. The number of rotatable bonds is 4. The molecule has 0 spiro atoms. The molecule has 3 aliphatic heterocycles. The number of halogens is 1. The van der Waals surface area contributed by atoms with Gasteiger partial charge in [-0.25, -0.2) is 4.39 Å². The summed E-state index contributed by atoms with van der Waals surface area (Å²) >= 11 is 0. The van der Waals surface area contributed by atoms with E-state index in [4.69, 9.17) is 4.74 Å². The summed E-state index contributed by atoms with van der Waals surface area (Å²) in [5.74, 6) is -0.0970. The van der Waals surface area contributed by atoms with E-state index in [0.29, 0.717) is 12.5 Å². The Hall–Kier alpha value is -2.40. The number of carbonyl (C=O) groups is 1. The number of hydrogen-bond acceptors (Lipinski definition) is 3. The molecule has 4 nitrogen and oxygen atoms in total. The summed E-state index contributed by atoms with van der Waals surface area (Å²) in [5.41, 5.74) is 6.68. The van der Waals surface area contributed by atoms with Gasteiger partial charge in [0.05, 0.1) is 12.7 Å². The van der Waals surface area contributed by atoms with Gasteiger partial charge < -0.3 is 15.0 Å². The van der Waals surface area contributed by atoms with Crippen LogP contribution >= 0.6 is 0 Å². The predicted octanol–water partition coefficient (Wildman–Crippen LogP) is 5.50. The second-order valence-corrected chi connectivity index (χ2v) is 11.2. The molecular formula is C27H33FN2O2. The fraction of sp³-hybridized carbons (Fsp3) is 0.519. The zero-order valence-electron chi connectivity index (χ0n) is 19.6. The number of anilines is 2. The Morgan fingerprint density at radius 2 is 2.00 bits per heavy atom. The minimum Gasteiger partial charge on any atom is -0.377 e. The van der Waals surface area contributed by atoms with Gasteiger partial charge >= 0.3 is 0 Å². The van der Waals surface area contributed by atoms with E-state index >= 15 is 0 Å². The highest BCUT2D eigenvalue weighted by atomic mass is 19.1. The number of hydrogen-bond donors (Lipinski definition) is 1. The maximum Gasteiger partial charge on any atom is 0.224 e. The van der Waals surface area contributed by atoms with Crippen molar-refractivity contribution in [1.82, 2.24) is 0 Å². The van der Waals surface area contributed by atoms with E-state index < -0.39 is 0 Å². The summed E-state index contributed by atoms with van der Waals surface area (Å²) in [5, 5.41) is 3.26. The minimum atomic E-state index is -0.162. The first-order chi connectivity index (χ1) is 15.1. The molecule has 1 aliphatic carbocycles. The van der Waals surface area contributed by atoms with Crippen LogP contribution in [0.3, 0.4) is 0 Å². The highest BCUT2D eigenvalue weighted by Crippen LogP contribution is 2.55. The number of benzene rings is 2. The van der Waals surface area contributed by atoms with Crippen LogP contribution in [-0.4, -0.2) is 25.2 Å². The number of amides is 1. The predicted molar refractivity (Wildman–Crippen MR) is 126 cm³/mol. The summed E-state index contributed by atoms with van der Waals surface area (Å²) < 4.78 is 19.6. The van der Waals surface area contributed by atoms with Gasteiger partial charge in [-0.3, -0.25) is 4.79 Å². The highest BCUT2D eigenvalue weighted by Gasteiger charge is 2.54. The lowest BCUT2D eigenvalue weighted by Gasteiger charge is -2.39. The molecule has 3 heterocycles. The molecular weight excluding hydrogens is 403 g/mol. The lowest BCUT2D eigenvalue weighted by atomic mass is 9.65. The van der Waals surface area contributed by atoms with Gasteiger partial charge in [0.2, 0.25) is 5.91 Å². The van der Waals surface area contributed by atoms with Gasteiger partial charge in [-0.2, -0.15) is 0 Å². The Morgan fingerprint density at radius 1 is 1.22 bits per heavy atom. The van der Waals surface area contributed by atoms with Crippen LogP contribution in [0, 0.1) is 18.2 Å². The Labute approximate surface area is 190 Å². The molecule has 32 heavy (non-hydrogen) atoms. The van der Waals surface area contributed by atoms with Crippen LogP contribution in [0.2, 0.25) is 0 Å². The molecule has 2 aromatic rings. The molecule has 5 heteroatoms. The van der Waals surface area contributed by atoms with E-state index in [1.807, 2.05) is 6.07 Å². The van der Waals surface area contributed by atoms with E-state index in [-0.39, 0.29) is 22.6 Å². The number of fused-ring (bicyclic) bond motifs is 2. The minimum absolute atomic E-state index is 0.00655. The van der Waals surface area contributed by atoms with Crippen LogP contribution in [0.25, 0.3) is 0 Å². The van der Waals surface area contributed by atoms with Crippen LogP contribution in [0.5, 0.6) is 0 Å². The van der Waals surface area contributed by atoms with Gasteiger partial charge in [0.25, 0.3) is 0 Å². The second-order valence-electron chi connectivity index (χ2n) is 11.2. The van der Waals surface area contributed by atoms with Gasteiger partial charge in [-0.05, 0) is 78.1 Å². The van der Waals surface area contributed by atoms with Gasteiger partial charge in [0, 0.05) is 36.3 Å². The Kier molecular flexibility index (Phi) is 5.08. The molecule has 2 bridgehead atoms. The fourth-order valence-corrected chi connectivity index (χ4v) is 5.56. The topological polar surface area (TPSA) is 41.6 Å². The highest BCUT2D eigenvalue weighted by molar-refractivity contribution is 5.93. The third kappa shape index (κ3) is 3.92. The van der Waals surface area contributed by atoms with Crippen LogP contribution in [-0.2, 0) is 27.9 Å². The first-order valence-corrected chi connectivity index (χ1v) is 11.7. The monoisotopic (exact) mass is 436 g/mol. The maximum atomic E-state index is 13.6. The molecule has 170 valence electrons. The van der Waals surface area contributed by atoms with Crippen LogP contribution in [0.4, 0.5) is 15.8 Å². The Balaban J connectivity index is 1.48. The summed E-state index contributed by atoms with van der Waals surface area (Å²) in [6, 6.07) is 9.59. The first-order valence-electron chi connectivity index (χ1n) is 11.7. The van der Waals surface area contributed by atoms with Crippen molar-refractivity contribution in [3.8, 4) is 0 Å². The Bertz CT molecular complexity index is 1060. The molecule has 2 aromatic carbocycles. The van der Waals surface area contributed by atoms with Crippen molar-refractivity contribution in [1.29, 1.82) is 0 Å². The summed E-state index contributed by atoms with van der Waals surface area (Å²) in [4.78, 5) is 15.2. The van der Waals surface area contributed by atoms with E-state index in [0.717, 1.165) is 55.8 Å². The van der Waals surface area contributed by atoms with Crippen molar-refractivity contribution in [2.45, 2.75) is 71.4 Å². The average Bonchev–Trinajstić information content (AvgIpc) is 3.29. The lowest BCUT2D eigenvalue weighted by molar-refractivity contribution is -0.117. The fourth-order valence-electron chi connectivity index (χ4n) is 5.56. The van der Waals surface area contributed by atoms with Crippen LogP contribution < -0.4 is 10.2 Å². The number of nitrogens with zero attached hydrogens (tertiary/aromatic N) is 1. The van der Waals surface area contributed by atoms with Crippen molar-refractivity contribution in [2.24, 2.45) is 5.41 Å². The van der Waals surface area contributed by atoms with Crippen molar-refractivity contribution < 1.29 is 13.9 Å². The van der Waals surface area contributed by atoms with E-state index in [9.17, 15) is 9.18 Å². The third-order valence-corrected chi connectivity index (χ3v) is 7.22. The smallest absolute Gasteiger partial charge is 0.224 e. The molecule has 6 rings (SSSR count). The molecule has 3 fully saturated rings. The molecule has 1 saturated carbocycles. The Morgan fingerprint density at radius 3 is 2.69 bits per heavy atom. The summed E-state index contributed by atoms with van der Waals surface area (Å²) in [6.07, 6.45) is 3.73. The van der Waals surface area contributed by atoms with Crippen molar-refractivity contribution in [2.75, 3.05) is 23.4 Å². The third-order valence-electron chi connectivity index (χ3n) is 7.22. The zero-order chi connectivity index (χ0) is 22.7. The maximum absolute atomic E-state index is 13.6. The molecule has 4 aliphatic rings. The number of carbonyl (C=O) groups excluding carboxylic acids is 1. The first kappa shape index (κ1) is 21.4. The van der Waals surface area contributed by atoms with Gasteiger partial charge in [-0.15, -0.1) is 0 Å². The molecule has 1 N–H and O–H groups in total. The van der Waals surface area contributed by atoms with Crippen LogP contribution in [0.15, 0.2) is 30.3 Å². The lowest BCUT2D eigenvalue weighted by Crippen LogP contribution is -2.39. The van der Waals surface area contributed by atoms with Crippen molar-refractivity contribution >= 4 is 17.3 Å². The van der Waals surface area contributed by atoms with Gasteiger partial charge in [0.1, 0.15) is 5.82 Å². The molecule has 1 amide bonds. The largest absolute Gasteiger partial charge is 0.377 e. The second kappa shape index (κ2) is 7.58. The standard InChI is InChI=1S/C27H33FN2O2/c1-17-9-21(30-8-7-18-10-20(28)6-5-19(18)15-30)11-23(27-12-22(13-27)32-16-27)25(17)29-24(31)14-26(2,3)4/h5-6,9-11,22H,7-8,12-16H2,1-4H3,(H,29,31). The van der Waals surface area contributed by atoms with Gasteiger partial charge in [-0.1, -0.05) is 26.8 Å². The SMILES string of the molecule is Cc1cc(N2CCc3cc(F)ccc3C2)cc(C23COC(C2)C3)c1NC(=O)CC(C)(C)C. The van der Waals surface area contributed by atoms with E-state index in [2.05, 4.69) is 50.0 Å². The normalized spacial score (nSPS) is 24.2. The summed E-state index contributed by atoms with van der Waals surface area (Å²) in [7, 11) is 0. The molecule has 0 atom stereocenters. The van der Waals surface area contributed by atoms with Crippen molar-refractivity contribution in [3.63, 3.8) is 0 Å². The molecule has 2 saturated heterocycles. The zero-order valence-corrected chi connectivity index (χ0v) is 19.6. The average molecular weight is 437 g/mol. The molecule has 0 radical (unpaired) electrons. The number of nitrogens with one attached hydrogen (secondary N) is 1.